The van der Waals surface area contributed by atoms with Gasteiger partial charge < -0.3 is 20.2 Å². The van der Waals surface area contributed by atoms with Crippen LogP contribution in [-0.2, 0) is 14.4 Å². The van der Waals surface area contributed by atoms with E-state index in [9.17, 15) is 24.3 Å². The van der Waals surface area contributed by atoms with Gasteiger partial charge in [-0.25, -0.2) is 0 Å². The molecule has 4 rings (SSSR count). The first-order chi connectivity index (χ1) is 19.1. The monoisotopic (exact) mass is 539 g/mol. The summed E-state index contributed by atoms with van der Waals surface area (Å²) in [4.78, 5) is 52.2. The van der Waals surface area contributed by atoms with Crippen LogP contribution in [0.15, 0.2) is 66.7 Å². The molecule has 1 unspecified atom stereocenters. The molecule has 206 valence electrons. The van der Waals surface area contributed by atoms with Crippen LogP contribution in [0.2, 0.25) is 0 Å². The van der Waals surface area contributed by atoms with Gasteiger partial charge in [-0.2, -0.15) is 0 Å². The highest BCUT2D eigenvalue weighted by molar-refractivity contribution is 6.28. The van der Waals surface area contributed by atoms with Gasteiger partial charge in [0, 0.05) is 55.0 Å². The van der Waals surface area contributed by atoms with Crippen molar-refractivity contribution in [1.82, 2.24) is 4.90 Å². The Kier molecular flexibility index (Phi) is 8.60. The molecule has 0 aromatic heterocycles. The van der Waals surface area contributed by atoms with Crippen LogP contribution in [0.3, 0.4) is 0 Å². The van der Waals surface area contributed by atoms with E-state index in [0.29, 0.717) is 39.3 Å². The second-order valence-electron chi connectivity index (χ2n) is 10.1. The molecule has 2 N–H and O–H groups in total. The zero-order valence-corrected chi connectivity index (χ0v) is 23.1. The number of aliphatic hydroxyl groups excluding tert-OH is 1. The largest absolute Gasteiger partial charge is 0.386 e. The summed E-state index contributed by atoms with van der Waals surface area (Å²) in [7, 11) is 3.29. The fraction of sp³-hybridized carbons (Fsp3) is 0.250. The van der Waals surface area contributed by atoms with Crippen molar-refractivity contribution in [2.24, 2.45) is 0 Å². The Hall–Kier alpha value is -4.56. The molecular formula is C32H33N3O5. The summed E-state index contributed by atoms with van der Waals surface area (Å²) < 4.78 is 0. The van der Waals surface area contributed by atoms with Crippen LogP contribution < -0.4 is 10.2 Å². The Labute approximate surface area is 233 Å². The molecule has 2 amide bonds. The van der Waals surface area contributed by atoms with Crippen LogP contribution in [0.25, 0.3) is 11.3 Å². The second-order valence-corrected chi connectivity index (χ2v) is 10.1. The van der Waals surface area contributed by atoms with Gasteiger partial charge in [0.05, 0.1) is 18.3 Å². The number of carbonyl (C=O) groups excluding carboxylic acids is 4. The van der Waals surface area contributed by atoms with Crippen LogP contribution in [0.1, 0.15) is 58.5 Å². The number of anilines is 2. The number of ketones is 1. The summed E-state index contributed by atoms with van der Waals surface area (Å²) in [6, 6.07) is 20.0. The van der Waals surface area contributed by atoms with Crippen LogP contribution >= 0.6 is 0 Å². The Bertz CT molecular complexity index is 1490. The van der Waals surface area contributed by atoms with Gasteiger partial charge in [-0.3, -0.25) is 19.2 Å². The molecule has 0 spiro atoms. The molecule has 3 aromatic rings. The molecule has 0 fully saturated rings. The Morgan fingerprint density at radius 2 is 1.75 bits per heavy atom. The molecule has 0 saturated heterocycles. The topological polar surface area (TPSA) is 107 Å². The van der Waals surface area contributed by atoms with Crippen molar-refractivity contribution in [3.8, 4) is 0 Å². The lowest BCUT2D eigenvalue weighted by Crippen LogP contribution is -2.31. The summed E-state index contributed by atoms with van der Waals surface area (Å²) >= 11 is 0. The summed E-state index contributed by atoms with van der Waals surface area (Å²) in [6.07, 6.45) is 0.0299. The molecule has 0 aliphatic carbocycles. The average molecular weight is 540 g/mol. The average Bonchev–Trinajstić information content (AvgIpc) is 3.27. The zero-order valence-electron chi connectivity index (χ0n) is 23.1. The van der Waals surface area contributed by atoms with E-state index in [0.717, 1.165) is 17.4 Å². The first kappa shape index (κ1) is 28.4. The smallest absolute Gasteiger partial charge is 0.227 e. The van der Waals surface area contributed by atoms with E-state index in [2.05, 4.69) is 5.32 Å². The highest BCUT2D eigenvalue weighted by Crippen LogP contribution is 2.38. The molecule has 0 radical (unpaired) electrons. The van der Waals surface area contributed by atoms with Gasteiger partial charge in [-0.05, 0) is 54.8 Å². The molecule has 0 saturated carbocycles. The minimum Gasteiger partial charge on any atom is -0.386 e. The summed E-state index contributed by atoms with van der Waals surface area (Å²) in [5.74, 6) is -0.518. The molecule has 8 heteroatoms. The number of amides is 2. The van der Waals surface area contributed by atoms with Crippen molar-refractivity contribution in [1.29, 1.82) is 0 Å². The van der Waals surface area contributed by atoms with Crippen molar-refractivity contribution >= 4 is 46.5 Å². The van der Waals surface area contributed by atoms with E-state index >= 15 is 0 Å². The van der Waals surface area contributed by atoms with Gasteiger partial charge in [-0.15, -0.1) is 0 Å². The molecular weight excluding hydrogens is 506 g/mol. The first-order valence-corrected chi connectivity index (χ1v) is 13.1. The fourth-order valence-corrected chi connectivity index (χ4v) is 4.89. The normalized spacial score (nSPS) is 14.7. The fourth-order valence-electron chi connectivity index (χ4n) is 4.89. The van der Waals surface area contributed by atoms with Gasteiger partial charge in [0.2, 0.25) is 11.8 Å². The minimum atomic E-state index is -0.889. The number of benzene rings is 3. The molecule has 1 aliphatic heterocycles. The number of aliphatic hydroxyl groups is 1. The van der Waals surface area contributed by atoms with Crippen molar-refractivity contribution in [2.45, 2.75) is 32.8 Å². The molecule has 1 heterocycles. The summed E-state index contributed by atoms with van der Waals surface area (Å²) in [5.41, 5.74) is 5.66. The second kappa shape index (κ2) is 12.1. The minimum absolute atomic E-state index is 0.0499. The predicted octanol–water partition coefficient (Wildman–Crippen LogP) is 4.63. The number of carbonyl (C=O) groups is 4. The van der Waals surface area contributed by atoms with E-state index in [4.69, 9.17) is 0 Å². The maximum atomic E-state index is 13.1. The molecule has 1 aliphatic rings. The SMILES string of the molecule is CC(=O)/C(=C(\Nc1ccc2c(c1)C(O)CN2C(=O)CCC(=O)N(C)C)c1ccccc1)c1ccc(C=O)cc1C. The molecule has 40 heavy (non-hydrogen) atoms. The number of rotatable bonds is 9. The maximum absolute atomic E-state index is 13.1. The van der Waals surface area contributed by atoms with Crippen molar-refractivity contribution in [3.63, 3.8) is 0 Å². The van der Waals surface area contributed by atoms with E-state index in [-0.39, 0.29) is 37.0 Å². The molecule has 0 bridgehead atoms. The lowest BCUT2D eigenvalue weighted by atomic mass is 9.92. The zero-order chi connectivity index (χ0) is 29.0. The van der Waals surface area contributed by atoms with Gasteiger partial charge in [-0.1, -0.05) is 42.5 Å². The molecule has 8 nitrogen and oxygen atoms in total. The van der Waals surface area contributed by atoms with Crippen LogP contribution in [0, 0.1) is 6.92 Å². The van der Waals surface area contributed by atoms with Crippen LogP contribution in [0.4, 0.5) is 11.4 Å². The number of hydrogen-bond acceptors (Lipinski definition) is 6. The Balaban J connectivity index is 1.73. The van der Waals surface area contributed by atoms with Crippen LogP contribution in [0.5, 0.6) is 0 Å². The highest BCUT2D eigenvalue weighted by Gasteiger charge is 2.31. The van der Waals surface area contributed by atoms with E-state index < -0.39 is 6.10 Å². The predicted molar refractivity (Wildman–Crippen MR) is 156 cm³/mol. The summed E-state index contributed by atoms with van der Waals surface area (Å²) in [6.45, 7) is 3.47. The van der Waals surface area contributed by atoms with Crippen molar-refractivity contribution in [2.75, 3.05) is 30.9 Å². The number of β-amino-alcohol motifs (C(OH)–C–C–N with tert-alkyl or cyclic N) is 1. The van der Waals surface area contributed by atoms with Gasteiger partial charge in [0.1, 0.15) is 6.29 Å². The van der Waals surface area contributed by atoms with E-state index in [1.807, 2.05) is 37.3 Å². The molecule has 3 aromatic carbocycles. The third kappa shape index (κ3) is 6.02. The maximum Gasteiger partial charge on any atom is 0.227 e. The van der Waals surface area contributed by atoms with Crippen molar-refractivity contribution < 1.29 is 24.3 Å². The van der Waals surface area contributed by atoms with E-state index in [1.54, 1.807) is 50.5 Å². The van der Waals surface area contributed by atoms with Crippen LogP contribution in [-0.4, -0.2) is 54.5 Å². The quantitative estimate of drug-likeness (QED) is 0.233. The number of Topliss-reactive ketones (excluding diaryl/α,β-unsaturated/α-hetero) is 1. The Morgan fingerprint density at radius 1 is 1.02 bits per heavy atom. The molecule has 1 atom stereocenters. The van der Waals surface area contributed by atoms with Gasteiger partial charge in [0.25, 0.3) is 0 Å². The first-order valence-electron chi connectivity index (χ1n) is 13.1. The number of fused-ring (bicyclic) bond motifs is 1. The number of aryl methyl sites for hydroxylation is 1. The van der Waals surface area contributed by atoms with Gasteiger partial charge >= 0.3 is 0 Å². The third-order valence-corrected chi connectivity index (χ3v) is 6.98. The van der Waals surface area contributed by atoms with Gasteiger partial charge in [0.15, 0.2) is 5.78 Å². The lowest BCUT2D eigenvalue weighted by Gasteiger charge is -2.20. The number of nitrogens with zero attached hydrogens (tertiary/aromatic N) is 2. The Morgan fingerprint density at radius 3 is 2.38 bits per heavy atom. The lowest BCUT2D eigenvalue weighted by molar-refractivity contribution is -0.131. The van der Waals surface area contributed by atoms with Crippen molar-refractivity contribution in [3.05, 3.63) is 94.5 Å². The number of allylic oxidation sites excluding steroid dienone is 1. The third-order valence-electron chi connectivity index (χ3n) is 6.98. The number of hydrogen-bond donors (Lipinski definition) is 2. The van der Waals surface area contributed by atoms with E-state index in [1.165, 1.54) is 16.7 Å². The highest BCUT2D eigenvalue weighted by atomic mass is 16.3. The number of aldehydes is 1. The standard InChI is InChI=1S/C32H33N3O5/c1-20-16-22(19-36)10-12-25(20)31(21(2)37)32(23-8-6-5-7-9-23)33-24-11-13-27-26(17-24)28(38)18-35(27)30(40)15-14-29(39)34(3)4/h5-13,16-17,19,28,33,38H,14-15,18H2,1-4H3/b32-31+. The summed E-state index contributed by atoms with van der Waals surface area (Å²) in [5, 5.41) is 14.2. The number of nitrogens with one attached hydrogen (secondary N) is 1.